The number of carbonyl (C=O) groups excluding carboxylic acids is 2. The number of carboxylic acid groups (broad SMARTS) is 1. The van der Waals surface area contributed by atoms with Gasteiger partial charge in [-0.25, -0.2) is 0 Å². The van der Waals surface area contributed by atoms with Crippen LogP contribution in [0.4, 0.5) is 11.4 Å². The maximum Gasteiger partial charge on any atom is 0.282 e. The summed E-state index contributed by atoms with van der Waals surface area (Å²) in [5, 5.41) is 23.2. The molecule has 0 bridgehead atoms. The number of nitro benzene ring substituents is 1. The van der Waals surface area contributed by atoms with Crippen molar-refractivity contribution in [3.05, 3.63) is 100 Å². The molecule has 2 aromatic carbocycles. The first-order valence-electron chi connectivity index (χ1n) is 8.90. The summed E-state index contributed by atoms with van der Waals surface area (Å²) in [6.07, 6.45) is 3.92. The lowest BCUT2D eigenvalue weighted by atomic mass is 10.1. The summed E-state index contributed by atoms with van der Waals surface area (Å²) in [7, 11) is 0. The highest BCUT2D eigenvalue weighted by atomic mass is 16.6. The van der Waals surface area contributed by atoms with Crippen LogP contribution in [0.25, 0.3) is 0 Å². The van der Waals surface area contributed by atoms with Crippen LogP contribution in [0.15, 0.2) is 79.1 Å². The Bertz CT molecular complexity index is 967. The minimum atomic E-state index is -1.42. The van der Waals surface area contributed by atoms with E-state index in [0.717, 1.165) is 11.6 Å². The van der Waals surface area contributed by atoms with E-state index in [9.17, 15) is 24.8 Å². The summed E-state index contributed by atoms with van der Waals surface area (Å²) in [5.74, 6) is -1.51. The van der Waals surface area contributed by atoms with E-state index in [2.05, 4.69) is 16.0 Å². The van der Waals surface area contributed by atoms with Crippen molar-refractivity contribution < 1.29 is 25.4 Å². The Hall–Kier alpha value is -4.11. The van der Waals surface area contributed by atoms with E-state index in [-0.39, 0.29) is 23.2 Å². The van der Waals surface area contributed by atoms with Crippen molar-refractivity contribution in [1.29, 1.82) is 0 Å². The Kier molecular flexibility index (Phi) is 8.15. The smallest absolute Gasteiger partial charge is 0.282 e. The van der Waals surface area contributed by atoms with E-state index in [0.29, 0.717) is 12.1 Å². The molecule has 0 aliphatic rings. The number of amides is 1. The van der Waals surface area contributed by atoms with Gasteiger partial charge in [0.25, 0.3) is 11.6 Å². The lowest BCUT2D eigenvalue weighted by molar-refractivity contribution is -0.402. The number of aromatic carboxylic acids is 1. The van der Waals surface area contributed by atoms with Crippen LogP contribution in [0.5, 0.6) is 0 Å². The molecule has 1 heterocycles. The standard InChI is InChI=1S/C14H15N3O.C7H5NO4/c15-13(9-11-5-2-1-3-6-11)14(18)17-12-7-4-8-16-10-12;9-7(10)5-2-1-3-6(4-5)8(11)12/h1-8,10,13H,9,15H2,(H,17,18);1-4H,(H,9,10)/t13-;/m0./s1. The third-order valence-electron chi connectivity index (χ3n) is 3.92. The van der Waals surface area contributed by atoms with Crippen LogP contribution in [-0.2, 0) is 11.2 Å². The molecule has 1 amide bonds. The van der Waals surface area contributed by atoms with Crippen molar-refractivity contribution in [3.8, 4) is 0 Å². The molecule has 0 saturated carbocycles. The lowest BCUT2D eigenvalue weighted by Gasteiger charge is -2.09. The van der Waals surface area contributed by atoms with Crippen LogP contribution in [0.1, 0.15) is 15.9 Å². The summed E-state index contributed by atoms with van der Waals surface area (Å²) in [6.45, 7) is 0. The van der Waals surface area contributed by atoms with Crippen LogP contribution in [0.3, 0.4) is 0 Å². The molecule has 4 N–H and O–H groups in total. The molecule has 3 rings (SSSR count). The summed E-state index contributed by atoms with van der Waals surface area (Å²) in [6, 6.07) is 17.8. The Morgan fingerprint density at radius 3 is 2.40 bits per heavy atom. The van der Waals surface area contributed by atoms with Gasteiger partial charge in [0.2, 0.25) is 0 Å². The Balaban J connectivity index is 0.000000232. The Morgan fingerprint density at radius 1 is 1.07 bits per heavy atom. The molecular weight excluding hydrogens is 388 g/mol. The van der Waals surface area contributed by atoms with Gasteiger partial charge in [-0.3, -0.25) is 19.9 Å². The molecule has 1 atom stereocenters. The fourth-order valence-electron chi connectivity index (χ4n) is 2.42. The van der Waals surface area contributed by atoms with E-state index < -0.39 is 10.9 Å². The SMILES string of the molecule is O=C([O-])c1cccc([N+](=O)[O-])c1.[NH3+][C@@H](Cc1ccccc1)C(=O)Nc1cccnc1. The molecule has 0 fully saturated rings. The zero-order valence-corrected chi connectivity index (χ0v) is 15.9. The number of benzene rings is 2. The van der Waals surface area contributed by atoms with E-state index in [1.54, 1.807) is 24.5 Å². The number of anilines is 1. The number of aromatic nitrogens is 1. The van der Waals surface area contributed by atoms with Crippen LogP contribution in [-0.4, -0.2) is 27.8 Å². The zero-order valence-electron chi connectivity index (χ0n) is 15.9. The van der Waals surface area contributed by atoms with Gasteiger partial charge in [-0.2, -0.15) is 0 Å². The second-order valence-electron chi connectivity index (χ2n) is 6.21. The molecule has 9 nitrogen and oxygen atoms in total. The maximum absolute atomic E-state index is 11.9. The lowest BCUT2D eigenvalue weighted by Crippen LogP contribution is -2.67. The number of nitro groups is 1. The summed E-state index contributed by atoms with van der Waals surface area (Å²) in [4.78, 5) is 35.6. The molecule has 9 heteroatoms. The van der Waals surface area contributed by atoms with E-state index in [1.165, 1.54) is 18.2 Å². The minimum Gasteiger partial charge on any atom is -0.545 e. The third kappa shape index (κ3) is 7.13. The van der Waals surface area contributed by atoms with E-state index >= 15 is 0 Å². The fourth-order valence-corrected chi connectivity index (χ4v) is 2.42. The highest BCUT2D eigenvalue weighted by Gasteiger charge is 2.17. The predicted molar refractivity (Wildman–Crippen MR) is 107 cm³/mol. The molecule has 0 aliphatic heterocycles. The van der Waals surface area contributed by atoms with Gasteiger partial charge in [0.1, 0.15) is 0 Å². The van der Waals surface area contributed by atoms with Gasteiger partial charge in [-0.05, 0) is 17.7 Å². The molecular formula is C21H20N4O5. The molecule has 154 valence electrons. The van der Waals surface area contributed by atoms with Gasteiger partial charge in [0.05, 0.1) is 22.8 Å². The van der Waals surface area contributed by atoms with Crippen LogP contribution >= 0.6 is 0 Å². The maximum atomic E-state index is 11.9. The van der Waals surface area contributed by atoms with Crippen LogP contribution < -0.4 is 16.2 Å². The second-order valence-corrected chi connectivity index (χ2v) is 6.21. The van der Waals surface area contributed by atoms with Gasteiger partial charge in [-0.1, -0.05) is 42.5 Å². The largest absolute Gasteiger partial charge is 0.545 e. The Morgan fingerprint density at radius 2 is 1.80 bits per heavy atom. The quantitative estimate of drug-likeness (QED) is 0.455. The van der Waals surface area contributed by atoms with Crippen molar-refractivity contribution in [2.45, 2.75) is 12.5 Å². The molecule has 0 unspecified atom stereocenters. The molecule has 30 heavy (non-hydrogen) atoms. The second kappa shape index (κ2) is 11.0. The first-order valence-corrected chi connectivity index (χ1v) is 8.90. The number of nitrogens with one attached hydrogen (secondary N) is 1. The van der Waals surface area contributed by atoms with Crippen molar-refractivity contribution in [2.24, 2.45) is 0 Å². The van der Waals surface area contributed by atoms with Crippen molar-refractivity contribution in [1.82, 2.24) is 4.98 Å². The molecule has 0 aliphatic carbocycles. The van der Waals surface area contributed by atoms with Gasteiger partial charge in [-0.15, -0.1) is 0 Å². The molecule has 0 spiro atoms. The Labute approximate surface area is 172 Å². The monoisotopic (exact) mass is 408 g/mol. The number of nitrogens with zero attached hydrogens (tertiary/aromatic N) is 2. The number of non-ortho nitro benzene ring substituents is 1. The highest BCUT2D eigenvalue weighted by Crippen LogP contribution is 2.12. The van der Waals surface area contributed by atoms with E-state index in [4.69, 9.17) is 0 Å². The number of hydrogen-bond acceptors (Lipinski definition) is 6. The highest BCUT2D eigenvalue weighted by molar-refractivity contribution is 5.93. The van der Waals surface area contributed by atoms with E-state index in [1.807, 2.05) is 30.3 Å². The number of carboxylic acids is 1. The minimum absolute atomic E-state index is 0.0909. The van der Waals surface area contributed by atoms with Gasteiger partial charge in [0.15, 0.2) is 6.04 Å². The third-order valence-corrected chi connectivity index (χ3v) is 3.92. The van der Waals surface area contributed by atoms with Gasteiger partial charge >= 0.3 is 0 Å². The molecule has 3 aromatic rings. The van der Waals surface area contributed by atoms with Gasteiger partial charge < -0.3 is 21.0 Å². The first-order chi connectivity index (χ1) is 14.4. The van der Waals surface area contributed by atoms with Crippen LogP contribution in [0, 0.1) is 10.1 Å². The average Bonchev–Trinajstić information content (AvgIpc) is 2.75. The predicted octanol–water partition coefficient (Wildman–Crippen LogP) is 0.832. The number of carbonyl (C=O) groups is 2. The van der Waals surface area contributed by atoms with Crippen molar-refractivity contribution in [3.63, 3.8) is 0 Å². The van der Waals surface area contributed by atoms with Crippen molar-refractivity contribution >= 4 is 23.3 Å². The molecule has 1 aromatic heterocycles. The average molecular weight is 408 g/mol. The summed E-state index contributed by atoms with van der Waals surface area (Å²) in [5.41, 5.74) is 5.26. The number of pyridine rings is 1. The molecule has 0 radical (unpaired) electrons. The zero-order chi connectivity index (χ0) is 21.9. The summed E-state index contributed by atoms with van der Waals surface area (Å²) < 4.78 is 0. The number of quaternary nitrogens is 1. The normalized spacial score (nSPS) is 10.8. The number of rotatable bonds is 6. The topological polar surface area (TPSA) is 153 Å². The fraction of sp³-hybridized carbons (Fsp3) is 0.0952. The molecule has 0 saturated heterocycles. The van der Waals surface area contributed by atoms with Gasteiger partial charge in [0, 0.05) is 30.3 Å². The van der Waals surface area contributed by atoms with Crippen LogP contribution in [0.2, 0.25) is 0 Å². The first kappa shape index (κ1) is 22.2. The van der Waals surface area contributed by atoms with Crippen molar-refractivity contribution in [2.75, 3.05) is 5.32 Å². The number of hydrogen-bond donors (Lipinski definition) is 2. The summed E-state index contributed by atoms with van der Waals surface area (Å²) >= 11 is 0.